The van der Waals surface area contributed by atoms with E-state index in [0.717, 1.165) is 34.4 Å². The maximum Gasteiger partial charge on any atom is 0.407 e. The summed E-state index contributed by atoms with van der Waals surface area (Å²) in [6, 6.07) is 8.12. The molecule has 0 fully saturated rings. The second kappa shape index (κ2) is 12.5. The lowest BCUT2D eigenvalue weighted by atomic mass is 10.1. The molecule has 0 unspecified atom stereocenters. The van der Waals surface area contributed by atoms with Crippen LogP contribution in [0.3, 0.4) is 0 Å². The van der Waals surface area contributed by atoms with Crippen LogP contribution in [0.15, 0.2) is 42.7 Å². The molecule has 1 amide bonds. The lowest BCUT2D eigenvalue weighted by Gasteiger charge is -2.19. The van der Waals surface area contributed by atoms with E-state index in [1.54, 1.807) is 44.8 Å². The first kappa shape index (κ1) is 31.0. The second-order valence-corrected chi connectivity index (χ2v) is 12.6. The Morgan fingerprint density at radius 2 is 1.90 bits per heavy atom. The number of benzene rings is 1. The summed E-state index contributed by atoms with van der Waals surface area (Å²) in [4.78, 5) is 16.5. The number of aromatic nitrogens is 4. The van der Waals surface area contributed by atoms with Gasteiger partial charge < -0.3 is 19.2 Å². The van der Waals surface area contributed by atoms with Crippen molar-refractivity contribution in [2.75, 3.05) is 19.4 Å². The van der Waals surface area contributed by atoms with Crippen LogP contribution in [0.2, 0.25) is 0 Å². The number of alkyl carbamates (subject to hydrolysis) is 1. The third kappa shape index (κ3) is 8.07. The van der Waals surface area contributed by atoms with E-state index in [0.29, 0.717) is 36.4 Å². The normalized spacial score (nSPS) is 12.1. The highest BCUT2D eigenvalue weighted by molar-refractivity contribution is 7.85. The highest BCUT2D eigenvalue weighted by Gasteiger charge is 2.18. The van der Waals surface area contributed by atoms with Gasteiger partial charge in [-0.3, -0.25) is 8.86 Å². The van der Waals surface area contributed by atoms with Crippen molar-refractivity contribution in [3.8, 4) is 16.9 Å². The summed E-state index contributed by atoms with van der Waals surface area (Å²) in [5.74, 6) is -0.0794. The van der Waals surface area contributed by atoms with Gasteiger partial charge in [0.1, 0.15) is 29.4 Å². The molecule has 4 aromatic rings. The number of halogens is 1. The van der Waals surface area contributed by atoms with Crippen molar-refractivity contribution in [1.29, 1.82) is 0 Å². The Hall–Kier alpha value is -3.97. The fraction of sp³-hybridized carbons (Fsp3) is 0.414. The third-order valence-electron chi connectivity index (χ3n) is 6.45. The van der Waals surface area contributed by atoms with E-state index in [9.17, 15) is 17.6 Å². The molecule has 1 N–H and O–H groups in total. The Balaban J connectivity index is 1.50. The standard InChI is InChI=1S/C29H36FN5O6S/c1-19-23(25(33-34(19)5)18-40-42(6,37)38)12-14-39-26-15-21(30)8-9-24(26)20-7-10-27-32-16-22(35(27)17-20)11-13-31-28(36)41-29(2,3)4/h7-10,15-17H,11-14,18H2,1-6H3,(H,31,36). The molecule has 4 rings (SSSR count). The summed E-state index contributed by atoms with van der Waals surface area (Å²) in [6.07, 6.45) is 5.08. The van der Waals surface area contributed by atoms with E-state index >= 15 is 0 Å². The zero-order valence-electron chi connectivity index (χ0n) is 24.6. The van der Waals surface area contributed by atoms with Crippen molar-refractivity contribution in [3.05, 3.63) is 71.2 Å². The number of fused-ring (bicyclic) bond motifs is 1. The van der Waals surface area contributed by atoms with Crippen molar-refractivity contribution in [2.24, 2.45) is 7.05 Å². The van der Waals surface area contributed by atoms with Gasteiger partial charge in [-0.25, -0.2) is 14.2 Å². The number of nitrogens with zero attached hydrogens (tertiary/aromatic N) is 4. The molecule has 3 heterocycles. The molecule has 42 heavy (non-hydrogen) atoms. The topological polar surface area (TPSA) is 126 Å². The number of pyridine rings is 1. The smallest absolute Gasteiger partial charge is 0.407 e. The van der Waals surface area contributed by atoms with Crippen LogP contribution in [0.4, 0.5) is 9.18 Å². The number of amides is 1. The molecule has 0 aliphatic rings. The molecule has 0 aliphatic heterocycles. The Bertz CT molecular complexity index is 1690. The Kier molecular flexibility index (Phi) is 9.21. The summed E-state index contributed by atoms with van der Waals surface area (Å²) in [6.45, 7) is 7.68. The van der Waals surface area contributed by atoms with E-state index in [2.05, 4.69) is 15.4 Å². The molecular formula is C29H36FN5O6S. The lowest BCUT2D eigenvalue weighted by molar-refractivity contribution is 0.0528. The van der Waals surface area contributed by atoms with E-state index in [1.807, 2.05) is 29.7 Å². The van der Waals surface area contributed by atoms with Gasteiger partial charge in [0.2, 0.25) is 0 Å². The molecule has 0 bridgehead atoms. The van der Waals surface area contributed by atoms with Crippen LogP contribution in [0, 0.1) is 12.7 Å². The minimum atomic E-state index is -3.63. The summed E-state index contributed by atoms with van der Waals surface area (Å²) in [5.41, 5.74) is 4.67. The van der Waals surface area contributed by atoms with Gasteiger partial charge in [-0.2, -0.15) is 13.5 Å². The Morgan fingerprint density at radius 1 is 1.14 bits per heavy atom. The number of hydrogen-bond donors (Lipinski definition) is 1. The quantitative estimate of drug-likeness (QED) is 0.252. The summed E-state index contributed by atoms with van der Waals surface area (Å²) < 4.78 is 57.2. The number of aryl methyl sites for hydroxylation is 1. The minimum absolute atomic E-state index is 0.179. The van der Waals surface area contributed by atoms with Crippen LogP contribution < -0.4 is 10.1 Å². The highest BCUT2D eigenvalue weighted by Crippen LogP contribution is 2.32. The van der Waals surface area contributed by atoms with Crippen LogP contribution in [0.25, 0.3) is 16.8 Å². The average molecular weight is 602 g/mol. The van der Waals surface area contributed by atoms with Crippen LogP contribution >= 0.6 is 0 Å². The monoisotopic (exact) mass is 601 g/mol. The minimum Gasteiger partial charge on any atom is -0.492 e. The molecule has 3 aromatic heterocycles. The Labute approximate surface area is 244 Å². The zero-order chi connectivity index (χ0) is 30.7. The second-order valence-electron chi connectivity index (χ2n) is 10.9. The van der Waals surface area contributed by atoms with Crippen LogP contribution in [-0.2, 0) is 45.5 Å². The zero-order valence-corrected chi connectivity index (χ0v) is 25.4. The van der Waals surface area contributed by atoms with Gasteiger partial charge in [-0.05, 0) is 52.0 Å². The molecule has 0 saturated carbocycles. The third-order valence-corrected chi connectivity index (χ3v) is 6.99. The van der Waals surface area contributed by atoms with Gasteiger partial charge in [0.05, 0.1) is 18.6 Å². The molecule has 226 valence electrons. The summed E-state index contributed by atoms with van der Waals surface area (Å²) in [7, 11) is -1.86. The number of hydrogen-bond acceptors (Lipinski definition) is 8. The van der Waals surface area contributed by atoms with Gasteiger partial charge >= 0.3 is 6.09 Å². The van der Waals surface area contributed by atoms with Crippen molar-refractivity contribution < 1.29 is 31.3 Å². The number of nitrogens with one attached hydrogen (secondary N) is 1. The van der Waals surface area contributed by atoms with Gasteiger partial charge in [0.15, 0.2) is 0 Å². The lowest BCUT2D eigenvalue weighted by Crippen LogP contribution is -2.33. The van der Waals surface area contributed by atoms with Gasteiger partial charge in [0, 0.05) is 73.0 Å². The molecule has 0 atom stereocenters. The molecule has 11 nitrogen and oxygen atoms in total. The van der Waals surface area contributed by atoms with E-state index in [4.69, 9.17) is 13.7 Å². The number of imidazole rings is 1. The van der Waals surface area contributed by atoms with Gasteiger partial charge in [-0.15, -0.1) is 0 Å². The first-order valence-corrected chi connectivity index (χ1v) is 15.2. The molecular weight excluding hydrogens is 565 g/mol. The first-order valence-electron chi connectivity index (χ1n) is 13.4. The van der Waals surface area contributed by atoms with Crippen LogP contribution in [-0.4, -0.2) is 58.7 Å². The summed E-state index contributed by atoms with van der Waals surface area (Å²) >= 11 is 0. The van der Waals surface area contributed by atoms with E-state index in [1.165, 1.54) is 12.1 Å². The van der Waals surface area contributed by atoms with Crippen LogP contribution in [0.1, 0.15) is 43.4 Å². The molecule has 0 spiro atoms. The van der Waals surface area contributed by atoms with Crippen LogP contribution in [0.5, 0.6) is 5.75 Å². The van der Waals surface area contributed by atoms with Crippen molar-refractivity contribution in [3.63, 3.8) is 0 Å². The number of carbonyl (C=O) groups is 1. The number of carbonyl (C=O) groups excluding carboxylic acids is 1. The van der Waals surface area contributed by atoms with Gasteiger partial charge in [-0.1, -0.05) is 0 Å². The van der Waals surface area contributed by atoms with E-state index < -0.39 is 27.6 Å². The maximum absolute atomic E-state index is 14.3. The molecule has 0 radical (unpaired) electrons. The average Bonchev–Trinajstić information content (AvgIpc) is 3.41. The van der Waals surface area contributed by atoms with Crippen molar-refractivity contribution >= 4 is 21.9 Å². The maximum atomic E-state index is 14.3. The number of rotatable bonds is 11. The number of ether oxygens (including phenoxy) is 2. The fourth-order valence-corrected chi connectivity index (χ4v) is 4.75. The van der Waals surface area contributed by atoms with Crippen molar-refractivity contribution in [1.82, 2.24) is 24.5 Å². The highest BCUT2D eigenvalue weighted by atomic mass is 32.2. The van der Waals surface area contributed by atoms with E-state index in [-0.39, 0.29) is 13.2 Å². The first-order chi connectivity index (χ1) is 19.7. The molecule has 0 saturated heterocycles. The summed E-state index contributed by atoms with van der Waals surface area (Å²) in [5, 5.41) is 7.13. The largest absolute Gasteiger partial charge is 0.492 e. The predicted molar refractivity (Wildman–Crippen MR) is 155 cm³/mol. The fourth-order valence-electron chi connectivity index (χ4n) is 4.42. The predicted octanol–water partition coefficient (Wildman–Crippen LogP) is 4.35. The van der Waals surface area contributed by atoms with Crippen molar-refractivity contribution in [2.45, 2.75) is 52.7 Å². The molecule has 1 aromatic carbocycles. The molecule has 0 aliphatic carbocycles. The molecule has 13 heteroatoms. The SMILES string of the molecule is Cc1c(CCOc2cc(F)ccc2-c2ccc3ncc(CCNC(=O)OC(C)(C)C)n3c2)c(COS(C)(=O)=O)nn1C. The Morgan fingerprint density at radius 3 is 2.62 bits per heavy atom. The van der Waals surface area contributed by atoms with Gasteiger partial charge in [0.25, 0.3) is 10.1 Å².